The molecule has 4 nitrogen and oxygen atoms in total. The van der Waals surface area contributed by atoms with Gasteiger partial charge < -0.3 is 9.64 Å². The maximum Gasteiger partial charge on any atom is 0.236 e. The van der Waals surface area contributed by atoms with Gasteiger partial charge in [-0.1, -0.05) is 26.0 Å². The lowest BCUT2D eigenvalue weighted by Crippen LogP contribution is -2.46. The van der Waals surface area contributed by atoms with E-state index in [1.807, 2.05) is 12.1 Å². The summed E-state index contributed by atoms with van der Waals surface area (Å²) < 4.78 is 5.25. The number of methoxy groups -OCH3 is 1. The molecule has 0 N–H and O–H groups in total. The monoisotopic (exact) mass is 330 g/mol. The van der Waals surface area contributed by atoms with E-state index >= 15 is 0 Å². The summed E-state index contributed by atoms with van der Waals surface area (Å²) in [6, 6.07) is 8.66. The van der Waals surface area contributed by atoms with Crippen LogP contribution in [0.1, 0.15) is 44.7 Å². The van der Waals surface area contributed by atoms with Gasteiger partial charge >= 0.3 is 0 Å². The molecular formula is C20H30N2O2. The highest BCUT2D eigenvalue weighted by atomic mass is 16.5. The zero-order valence-corrected chi connectivity index (χ0v) is 15.2. The molecule has 0 saturated carbocycles. The van der Waals surface area contributed by atoms with Gasteiger partial charge in [0.25, 0.3) is 0 Å². The third-order valence-corrected chi connectivity index (χ3v) is 5.42. The van der Waals surface area contributed by atoms with Crippen molar-refractivity contribution in [3.63, 3.8) is 0 Å². The number of piperidine rings is 1. The average Bonchev–Trinajstić information content (AvgIpc) is 3.02. The number of rotatable bonds is 4. The van der Waals surface area contributed by atoms with Crippen LogP contribution in [0, 0.1) is 11.8 Å². The fraction of sp³-hybridized carbons (Fsp3) is 0.650. The zero-order valence-electron chi connectivity index (χ0n) is 15.2. The van der Waals surface area contributed by atoms with E-state index in [-0.39, 0.29) is 0 Å². The molecule has 2 heterocycles. The van der Waals surface area contributed by atoms with Gasteiger partial charge in [0.05, 0.1) is 13.7 Å². The van der Waals surface area contributed by atoms with E-state index in [2.05, 4.69) is 35.8 Å². The molecular weight excluding hydrogens is 300 g/mol. The van der Waals surface area contributed by atoms with E-state index in [1.165, 1.54) is 12.0 Å². The zero-order chi connectivity index (χ0) is 17.1. The number of nitrogens with zero attached hydrogens (tertiary/aromatic N) is 2. The predicted molar refractivity (Wildman–Crippen MR) is 96.1 cm³/mol. The molecule has 0 aliphatic carbocycles. The summed E-state index contributed by atoms with van der Waals surface area (Å²) in [6.07, 6.45) is 3.53. The Morgan fingerprint density at radius 3 is 2.46 bits per heavy atom. The molecule has 3 atom stereocenters. The molecule has 132 valence electrons. The summed E-state index contributed by atoms with van der Waals surface area (Å²) in [6.45, 7) is 7.92. The molecule has 0 spiro atoms. The number of amides is 1. The first-order chi connectivity index (χ1) is 11.6. The molecule has 2 aliphatic rings. The van der Waals surface area contributed by atoms with Crippen molar-refractivity contribution in [1.82, 2.24) is 9.80 Å². The van der Waals surface area contributed by atoms with Crippen LogP contribution < -0.4 is 4.74 Å². The van der Waals surface area contributed by atoms with Crippen molar-refractivity contribution in [3.05, 3.63) is 29.8 Å². The molecule has 0 aromatic heterocycles. The Bertz CT molecular complexity index is 547. The number of likely N-dealkylation sites (tertiary alicyclic amines) is 2. The lowest BCUT2D eigenvalue weighted by Gasteiger charge is -2.36. The van der Waals surface area contributed by atoms with Gasteiger partial charge in [-0.15, -0.1) is 0 Å². The van der Waals surface area contributed by atoms with Crippen LogP contribution in [-0.4, -0.2) is 49.0 Å². The van der Waals surface area contributed by atoms with Crippen LogP contribution in [-0.2, 0) is 4.79 Å². The fourth-order valence-corrected chi connectivity index (χ4v) is 4.36. The SMILES string of the molecule is COc1ccc(C2CCCN2CC(=O)N2CC(C)CC(C)C2)cc1. The molecule has 1 aromatic rings. The maximum atomic E-state index is 12.8. The standard InChI is InChI=1S/C20H30N2O2/c1-15-11-16(2)13-22(12-15)20(23)14-21-10-4-5-19(21)17-6-8-18(24-3)9-7-17/h6-9,15-16,19H,4-5,10-14H2,1-3H3. The highest BCUT2D eigenvalue weighted by Gasteiger charge is 2.31. The average molecular weight is 330 g/mol. The van der Waals surface area contributed by atoms with Crippen molar-refractivity contribution in [2.45, 2.75) is 39.2 Å². The van der Waals surface area contributed by atoms with Gasteiger partial charge in [0.15, 0.2) is 0 Å². The first kappa shape index (κ1) is 17.3. The lowest BCUT2D eigenvalue weighted by atomic mass is 9.92. The van der Waals surface area contributed by atoms with Gasteiger partial charge in [0.2, 0.25) is 5.91 Å². The minimum absolute atomic E-state index is 0.300. The fourth-order valence-electron chi connectivity index (χ4n) is 4.36. The quantitative estimate of drug-likeness (QED) is 0.849. The minimum atomic E-state index is 0.300. The van der Waals surface area contributed by atoms with Gasteiger partial charge in [0, 0.05) is 19.1 Å². The maximum absolute atomic E-state index is 12.8. The molecule has 0 bridgehead atoms. The predicted octanol–water partition coefficient (Wildman–Crippen LogP) is 3.34. The lowest BCUT2D eigenvalue weighted by molar-refractivity contribution is -0.135. The van der Waals surface area contributed by atoms with Gasteiger partial charge in [-0.2, -0.15) is 0 Å². The number of ether oxygens (including phenoxy) is 1. The van der Waals surface area contributed by atoms with Crippen LogP contribution in [0.25, 0.3) is 0 Å². The van der Waals surface area contributed by atoms with Crippen LogP contribution in [0.5, 0.6) is 5.75 Å². The summed E-state index contributed by atoms with van der Waals surface area (Å²) in [7, 11) is 1.69. The van der Waals surface area contributed by atoms with Crippen molar-refractivity contribution in [2.75, 3.05) is 33.3 Å². The van der Waals surface area contributed by atoms with E-state index in [1.54, 1.807) is 7.11 Å². The van der Waals surface area contributed by atoms with Crippen LogP contribution in [0.3, 0.4) is 0 Å². The van der Waals surface area contributed by atoms with E-state index in [9.17, 15) is 4.79 Å². The van der Waals surface area contributed by atoms with Crippen LogP contribution in [0.4, 0.5) is 0 Å². The number of benzene rings is 1. The van der Waals surface area contributed by atoms with E-state index < -0.39 is 0 Å². The van der Waals surface area contributed by atoms with Crippen molar-refractivity contribution >= 4 is 5.91 Å². The highest BCUT2D eigenvalue weighted by molar-refractivity contribution is 5.78. The molecule has 2 fully saturated rings. The van der Waals surface area contributed by atoms with Gasteiger partial charge in [-0.05, 0) is 55.3 Å². The smallest absolute Gasteiger partial charge is 0.236 e. The first-order valence-electron chi connectivity index (χ1n) is 9.22. The molecule has 1 aromatic carbocycles. The Balaban J connectivity index is 1.63. The molecule has 24 heavy (non-hydrogen) atoms. The molecule has 0 radical (unpaired) electrons. The Labute approximate surface area is 145 Å². The topological polar surface area (TPSA) is 32.8 Å². The normalized spacial score (nSPS) is 28.1. The Morgan fingerprint density at radius 1 is 1.17 bits per heavy atom. The second-order valence-electron chi connectivity index (χ2n) is 7.65. The van der Waals surface area contributed by atoms with Crippen molar-refractivity contribution < 1.29 is 9.53 Å². The molecule has 1 amide bonds. The van der Waals surface area contributed by atoms with Crippen LogP contribution in [0.2, 0.25) is 0 Å². The number of hydrogen-bond donors (Lipinski definition) is 0. The van der Waals surface area contributed by atoms with E-state index in [4.69, 9.17) is 4.74 Å². The van der Waals surface area contributed by atoms with Crippen molar-refractivity contribution in [3.8, 4) is 5.75 Å². The Hall–Kier alpha value is -1.55. The highest BCUT2D eigenvalue weighted by Crippen LogP contribution is 2.33. The van der Waals surface area contributed by atoms with E-state index in [0.29, 0.717) is 30.3 Å². The third-order valence-electron chi connectivity index (χ3n) is 5.42. The van der Waals surface area contributed by atoms with Gasteiger partial charge in [-0.25, -0.2) is 0 Å². The Kier molecular flexibility index (Phi) is 5.44. The third kappa shape index (κ3) is 3.92. The second kappa shape index (κ2) is 7.56. The second-order valence-corrected chi connectivity index (χ2v) is 7.65. The summed E-state index contributed by atoms with van der Waals surface area (Å²) in [4.78, 5) is 17.2. The largest absolute Gasteiger partial charge is 0.497 e. The van der Waals surface area contributed by atoms with Crippen molar-refractivity contribution in [1.29, 1.82) is 0 Å². The molecule has 2 saturated heterocycles. The molecule has 3 unspecified atom stereocenters. The van der Waals surface area contributed by atoms with Gasteiger partial charge in [0.1, 0.15) is 5.75 Å². The van der Waals surface area contributed by atoms with Crippen LogP contribution >= 0.6 is 0 Å². The van der Waals surface area contributed by atoms with Crippen molar-refractivity contribution in [2.24, 2.45) is 11.8 Å². The summed E-state index contributed by atoms with van der Waals surface area (Å²) >= 11 is 0. The number of hydrogen-bond acceptors (Lipinski definition) is 3. The number of carbonyl (C=O) groups excluding carboxylic acids is 1. The summed E-state index contributed by atoms with van der Waals surface area (Å²) in [5.74, 6) is 2.42. The summed E-state index contributed by atoms with van der Waals surface area (Å²) in [5.41, 5.74) is 1.29. The minimum Gasteiger partial charge on any atom is -0.497 e. The Morgan fingerprint density at radius 2 is 1.83 bits per heavy atom. The van der Waals surface area contributed by atoms with E-state index in [0.717, 1.165) is 38.2 Å². The van der Waals surface area contributed by atoms with Gasteiger partial charge in [-0.3, -0.25) is 9.69 Å². The van der Waals surface area contributed by atoms with Crippen LogP contribution in [0.15, 0.2) is 24.3 Å². The molecule has 3 rings (SSSR count). The summed E-state index contributed by atoms with van der Waals surface area (Å²) in [5, 5.41) is 0. The number of carbonyl (C=O) groups is 1. The first-order valence-corrected chi connectivity index (χ1v) is 9.22. The molecule has 4 heteroatoms. The molecule has 2 aliphatic heterocycles.